The van der Waals surface area contributed by atoms with Crippen molar-refractivity contribution in [2.45, 2.75) is 25.4 Å². The highest BCUT2D eigenvalue weighted by Crippen LogP contribution is 2.28. The molecule has 14 heavy (non-hydrogen) atoms. The fourth-order valence-electron chi connectivity index (χ4n) is 1.85. The summed E-state index contributed by atoms with van der Waals surface area (Å²) in [6.07, 6.45) is 0. The van der Waals surface area contributed by atoms with Crippen LogP contribution in [0, 0.1) is 0 Å². The summed E-state index contributed by atoms with van der Waals surface area (Å²) in [7, 11) is 0. The van der Waals surface area contributed by atoms with Crippen LogP contribution in [0.15, 0.2) is 30.3 Å². The lowest BCUT2D eigenvalue weighted by Crippen LogP contribution is -2.48. The van der Waals surface area contributed by atoms with Gasteiger partial charge in [-0.05, 0) is 19.4 Å². The molecule has 0 amide bonds. The number of hydrogen-bond donors (Lipinski definition) is 1. The van der Waals surface area contributed by atoms with Gasteiger partial charge < -0.3 is 5.32 Å². The van der Waals surface area contributed by atoms with Gasteiger partial charge in [0.05, 0.1) is 0 Å². The summed E-state index contributed by atoms with van der Waals surface area (Å²) in [5, 5.41) is 3.69. The van der Waals surface area contributed by atoms with Crippen LogP contribution in [-0.2, 0) is 0 Å². The molecule has 0 aromatic heterocycles. The van der Waals surface area contributed by atoms with Crippen LogP contribution in [-0.4, -0.2) is 17.0 Å². The Morgan fingerprint density at radius 1 is 1.29 bits per heavy atom. The highest BCUT2D eigenvalue weighted by atomic mass is 32.2. The van der Waals surface area contributed by atoms with Crippen molar-refractivity contribution in [1.29, 1.82) is 0 Å². The molecule has 1 aromatic rings. The Bertz CT molecular complexity index is 294. The molecule has 0 saturated carbocycles. The van der Waals surface area contributed by atoms with Crippen molar-refractivity contribution >= 4 is 11.8 Å². The number of thioether (sulfide) groups is 1. The summed E-state index contributed by atoms with van der Waals surface area (Å²) in [6, 6.07) is 11.2. The third-order valence-corrected chi connectivity index (χ3v) is 4.01. The molecule has 1 heterocycles. The Balaban J connectivity index is 2.12. The van der Waals surface area contributed by atoms with Crippen molar-refractivity contribution in [3.05, 3.63) is 35.9 Å². The van der Waals surface area contributed by atoms with E-state index in [2.05, 4.69) is 49.5 Å². The number of nitrogens with one attached hydrogen (secondary N) is 1. The van der Waals surface area contributed by atoms with Crippen LogP contribution < -0.4 is 5.32 Å². The zero-order valence-electron chi connectivity index (χ0n) is 8.79. The van der Waals surface area contributed by atoms with Gasteiger partial charge >= 0.3 is 0 Å². The third-order valence-electron chi connectivity index (χ3n) is 2.51. The first-order valence-corrected chi connectivity index (χ1v) is 6.23. The molecule has 1 atom stereocenters. The lowest BCUT2D eigenvalue weighted by atomic mass is 10.0. The standard InChI is InChI=1S/C12H17NS/c1-12(2)9-14-8-11(13-12)10-6-4-3-5-7-10/h3-7,11,13H,8-9H2,1-2H3. The maximum absolute atomic E-state index is 3.69. The summed E-state index contributed by atoms with van der Waals surface area (Å²) in [4.78, 5) is 0. The zero-order chi connectivity index (χ0) is 10.0. The third kappa shape index (κ3) is 2.31. The van der Waals surface area contributed by atoms with Gasteiger partial charge in [-0.15, -0.1) is 0 Å². The summed E-state index contributed by atoms with van der Waals surface area (Å²) in [6.45, 7) is 4.55. The Morgan fingerprint density at radius 2 is 2.00 bits per heavy atom. The number of hydrogen-bond acceptors (Lipinski definition) is 2. The van der Waals surface area contributed by atoms with Crippen LogP contribution in [0.25, 0.3) is 0 Å². The van der Waals surface area contributed by atoms with Crippen LogP contribution >= 0.6 is 11.8 Å². The molecule has 0 spiro atoms. The average Bonchev–Trinajstić information content (AvgIpc) is 2.18. The number of rotatable bonds is 1. The first-order chi connectivity index (χ1) is 6.67. The van der Waals surface area contributed by atoms with Gasteiger partial charge in [0, 0.05) is 23.1 Å². The Hall–Kier alpha value is -0.470. The number of benzene rings is 1. The highest BCUT2D eigenvalue weighted by Gasteiger charge is 2.27. The van der Waals surface area contributed by atoms with E-state index in [9.17, 15) is 0 Å². The molecule has 76 valence electrons. The molecule has 1 aliphatic heterocycles. The van der Waals surface area contributed by atoms with E-state index < -0.39 is 0 Å². The fraction of sp³-hybridized carbons (Fsp3) is 0.500. The van der Waals surface area contributed by atoms with Crippen molar-refractivity contribution in [2.24, 2.45) is 0 Å². The summed E-state index contributed by atoms with van der Waals surface area (Å²) in [5.74, 6) is 2.39. The topological polar surface area (TPSA) is 12.0 Å². The maximum Gasteiger partial charge on any atom is 0.0416 e. The lowest BCUT2D eigenvalue weighted by Gasteiger charge is -2.37. The minimum Gasteiger partial charge on any atom is -0.303 e. The first-order valence-electron chi connectivity index (χ1n) is 5.08. The van der Waals surface area contributed by atoms with Gasteiger partial charge in [-0.1, -0.05) is 30.3 Å². The SMILES string of the molecule is CC1(C)CSCC(c2ccccc2)N1. The molecule has 0 aliphatic carbocycles. The van der Waals surface area contributed by atoms with Gasteiger partial charge in [0.15, 0.2) is 0 Å². The Labute approximate surface area is 90.3 Å². The van der Waals surface area contributed by atoms with Crippen LogP contribution in [0.1, 0.15) is 25.5 Å². The van der Waals surface area contributed by atoms with Crippen molar-refractivity contribution in [3.8, 4) is 0 Å². The van der Waals surface area contributed by atoms with Gasteiger partial charge in [0.2, 0.25) is 0 Å². The fourth-order valence-corrected chi connectivity index (χ4v) is 3.07. The quantitative estimate of drug-likeness (QED) is 0.760. The average molecular weight is 207 g/mol. The minimum absolute atomic E-state index is 0.267. The molecule has 0 radical (unpaired) electrons. The second-order valence-electron chi connectivity index (χ2n) is 4.51. The minimum atomic E-state index is 0.267. The van der Waals surface area contributed by atoms with Gasteiger partial charge in [0.1, 0.15) is 0 Å². The van der Waals surface area contributed by atoms with E-state index in [0.29, 0.717) is 6.04 Å². The first kappa shape index (κ1) is 10.1. The Morgan fingerprint density at radius 3 is 2.64 bits per heavy atom. The molecular weight excluding hydrogens is 190 g/mol. The Kier molecular flexibility index (Phi) is 2.84. The van der Waals surface area contributed by atoms with Crippen LogP contribution in [0.4, 0.5) is 0 Å². The second-order valence-corrected chi connectivity index (χ2v) is 5.54. The van der Waals surface area contributed by atoms with E-state index in [4.69, 9.17) is 0 Å². The highest BCUT2D eigenvalue weighted by molar-refractivity contribution is 7.99. The zero-order valence-corrected chi connectivity index (χ0v) is 9.60. The van der Waals surface area contributed by atoms with Gasteiger partial charge in [-0.3, -0.25) is 0 Å². The van der Waals surface area contributed by atoms with Crippen molar-refractivity contribution in [3.63, 3.8) is 0 Å². The molecule has 1 aliphatic rings. The van der Waals surface area contributed by atoms with E-state index in [1.165, 1.54) is 17.1 Å². The summed E-state index contributed by atoms with van der Waals surface area (Å²) in [5.41, 5.74) is 1.68. The largest absolute Gasteiger partial charge is 0.303 e. The van der Waals surface area contributed by atoms with E-state index in [1.54, 1.807) is 0 Å². The van der Waals surface area contributed by atoms with Gasteiger partial charge in [-0.25, -0.2) is 0 Å². The summed E-state index contributed by atoms with van der Waals surface area (Å²) < 4.78 is 0. The van der Waals surface area contributed by atoms with Crippen LogP contribution in [0.5, 0.6) is 0 Å². The molecule has 1 saturated heterocycles. The predicted molar refractivity (Wildman–Crippen MR) is 63.7 cm³/mol. The molecule has 1 aromatic carbocycles. The summed E-state index contributed by atoms with van der Waals surface area (Å²) >= 11 is 2.04. The van der Waals surface area contributed by atoms with Crippen LogP contribution in [0.3, 0.4) is 0 Å². The monoisotopic (exact) mass is 207 g/mol. The molecule has 1 fully saturated rings. The molecular formula is C12H17NS. The van der Waals surface area contributed by atoms with E-state index in [1.807, 2.05) is 11.8 Å². The van der Waals surface area contributed by atoms with Crippen LogP contribution in [0.2, 0.25) is 0 Å². The molecule has 0 bridgehead atoms. The van der Waals surface area contributed by atoms with Gasteiger partial charge in [-0.2, -0.15) is 11.8 Å². The maximum atomic E-state index is 3.69. The second kappa shape index (κ2) is 3.95. The molecule has 1 nitrogen and oxygen atoms in total. The predicted octanol–water partition coefficient (Wildman–Crippen LogP) is 2.84. The molecule has 2 heteroatoms. The van der Waals surface area contributed by atoms with Crippen molar-refractivity contribution in [1.82, 2.24) is 5.32 Å². The smallest absolute Gasteiger partial charge is 0.0416 e. The van der Waals surface area contributed by atoms with E-state index in [-0.39, 0.29) is 5.54 Å². The molecule has 1 N–H and O–H groups in total. The van der Waals surface area contributed by atoms with Crippen molar-refractivity contribution in [2.75, 3.05) is 11.5 Å². The van der Waals surface area contributed by atoms with E-state index in [0.717, 1.165) is 0 Å². The molecule has 1 unspecified atom stereocenters. The lowest BCUT2D eigenvalue weighted by molar-refractivity contribution is 0.376. The van der Waals surface area contributed by atoms with Crippen molar-refractivity contribution < 1.29 is 0 Å². The molecule has 2 rings (SSSR count). The normalized spacial score (nSPS) is 26.0. The van der Waals surface area contributed by atoms with Gasteiger partial charge in [0.25, 0.3) is 0 Å². The van der Waals surface area contributed by atoms with E-state index >= 15 is 0 Å².